The van der Waals surface area contributed by atoms with Crippen molar-refractivity contribution in [3.8, 4) is 5.75 Å². The van der Waals surface area contributed by atoms with E-state index in [0.717, 1.165) is 0 Å². The topological polar surface area (TPSA) is 95.5 Å². The van der Waals surface area contributed by atoms with Crippen LogP contribution in [-0.4, -0.2) is 25.0 Å². The maximum absolute atomic E-state index is 12.4. The summed E-state index contributed by atoms with van der Waals surface area (Å²) in [7, 11) is -3.73. The minimum absolute atomic E-state index is 0.00218. The number of rotatable bonds is 4. The average molecular weight is 348 g/mol. The summed E-state index contributed by atoms with van der Waals surface area (Å²) in [5.74, 6) is -0.576. The third kappa shape index (κ3) is 4.56. The number of para-hydroxylation sites is 2. The molecule has 0 saturated heterocycles. The molecule has 0 atom stereocenters. The van der Waals surface area contributed by atoms with E-state index in [-0.39, 0.29) is 21.9 Å². The Morgan fingerprint density at radius 3 is 2.33 bits per heavy atom. The molecule has 1 amide bonds. The highest BCUT2D eigenvalue weighted by Crippen LogP contribution is 2.22. The van der Waals surface area contributed by atoms with Crippen molar-refractivity contribution in [3.63, 3.8) is 0 Å². The number of phenolic OH excluding ortho intramolecular Hbond substituents is 1. The van der Waals surface area contributed by atoms with Crippen LogP contribution in [0.4, 0.5) is 5.69 Å². The quantitative estimate of drug-likeness (QED) is 0.740. The summed E-state index contributed by atoms with van der Waals surface area (Å²) in [5.41, 5.74) is -0.203. The van der Waals surface area contributed by atoms with Gasteiger partial charge in [0.2, 0.25) is 10.0 Å². The van der Waals surface area contributed by atoms with Crippen LogP contribution in [0.1, 0.15) is 31.1 Å². The zero-order valence-corrected chi connectivity index (χ0v) is 14.5. The zero-order chi connectivity index (χ0) is 18.0. The molecule has 0 bridgehead atoms. The number of aromatic hydroxyl groups is 1. The minimum Gasteiger partial charge on any atom is -0.506 e. The largest absolute Gasteiger partial charge is 0.506 e. The lowest BCUT2D eigenvalue weighted by atomic mass is 10.1. The van der Waals surface area contributed by atoms with Crippen molar-refractivity contribution in [2.24, 2.45) is 0 Å². The first kappa shape index (κ1) is 18.0. The van der Waals surface area contributed by atoms with Gasteiger partial charge < -0.3 is 10.4 Å². The van der Waals surface area contributed by atoms with Gasteiger partial charge in [-0.3, -0.25) is 4.79 Å². The summed E-state index contributed by atoms with van der Waals surface area (Å²) in [6.07, 6.45) is 0. The highest BCUT2D eigenvalue weighted by molar-refractivity contribution is 7.89. The fourth-order valence-electron chi connectivity index (χ4n) is 2.04. The smallest absolute Gasteiger partial charge is 0.255 e. The van der Waals surface area contributed by atoms with Crippen molar-refractivity contribution in [1.29, 1.82) is 0 Å². The molecule has 0 aliphatic rings. The van der Waals surface area contributed by atoms with Gasteiger partial charge >= 0.3 is 0 Å². The molecule has 0 radical (unpaired) electrons. The van der Waals surface area contributed by atoms with Gasteiger partial charge in [-0.2, -0.15) is 0 Å². The maximum Gasteiger partial charge on any atom is 0.255 e. The monoisotopic (exact) mass is 348 g/mol. The fraction of sp³-hybridized carbons (Fsp3) is 0.235. The van der Waals surface area contributed by atoms with Gasteiger partial charge in [0.05, 0.1) is 10.6 Å². The van der Waals surface area contributed by atoms with Gasteiger partial charge in [-0.25, -0.2) is 13.1 Å². The number of hydrogen-bond donors (Lipinski definition) is 3. The number of carbonyl (C=O) groups is 1. The van der Waals surface area contributed by atoms with E-state index in [4.69, 9.17) is 0 Å². The molecule has 0 aliphatic heterocycles. The molecule has 2 rings (SSSR count). The summed E-state index contributed by atoms with van der Waals surface area (Å²) in [6, 6.07) is 12.0. The van der Waals surface area contributed by atoms with E-state index in [2.05, 4.69) is 10.0 Å². The molecule has 0 aromatic heterocycles. The first-order chi connectivity index (χ1) is 11.1. The van der Waals surface area contributed by atoms with Crippen LogP contribution in [0.3, 0.4) is 0 Å². The Bertz CT molecular complexity index is 855. The van der Waals surface area contributed by atoms with Gasteiger partial charge in [0.15, 0.2) is 0 Å². The summed E-state index contributed by atoms with van der Waals surface area (Å²) in [5, 5.41) is 12.2. The molecular formula is C17H20N2O4S. The molecular weight excluding hydrogens is 328 g/mol. The van der Waals surface area contributed by atoms with Crippen LogP contribution in [0.25, 0.3) is 0 Å². The molecule has 2 aromatic rings. The predicted octanol–water partition coefficient (Wildman–Crippen LogP) is 2.72. The zero-order valence-electron chi connectivity index (χ0n) is 13.7. The molecule has 0 saturated carbocycles. The van der Waals surface area contributed by atoms with Crippen molar-refractivity contribution in [2.75, 3.05) is 5.32 Å². The van der Waals surface area contributed by atoms with Gasteiger partial charge in [-0.15, -0.1) is 0 Å². The van der Waals surface area contributed by atoms with E-state index < -0.39 is 21.5 Å². The van der Waals surface area contributed by atoms with E-state index in [1.165, 1.54) is 30.3 Å². The van der Waals surface area contributed by atoms with Crippen LogP contribution in [0.5, 0.6) is 5.75 Å². The Morgan fingerprint density at radius 1 is 1.04 bits per heavy atom. The number of nitrogens with one attached hydrogen (secondary N) is 2. The van der Waals surface area contributed by atoms with E-state index >= 15 is 0 Å². The second-order valence-corrected chi connectivity index (χ2v) is 8.04. The van der Waals surface area contributed by atoms with Gasteiger partial charge in [0.1, 0.15) is 5.75 Å². The summed E-state index contributed by atoms with van der Waals surface area (Å²) in [6.45, 7) is 5.21. The van der Waals surface area contributed by atoms with Crippen molar-refractivity contribution >= 4 is 21.6 Å². The van der Waals surface area contributed by atoms with E-state index in [1.807, 2.05) is 0 Å². The van der Waals surface area contributed by atoms with Crippen LogP contribution in [0.15, 0.2) is 53.4 Å². The SMILES string of the molecule is CC(C)(C)NS(=O)(=O)c1cccc(C(=O)Nc2ccccc2O)c1. The Morgan fingerprint density at radius 2 is 1.71 bits per heavy atom. The first-order valence-electron chi connectivity index (χ1n) is 7.32. The maximum atomic E-state index is 12.4. The van der Waals surface area contributed by atoms with E-state index in [0.29, 0.717) is 0 Å². The number of phenols is 1. The number of benzene rings is 2. The lowest BCUT2D eigenvalue weighted by Gasteiger charge is -2.20. The van der Waals surface area contributed by atoms with Crippen LogP contribution < -0.4 is 10.0 Å². The Labute approximate surface area is 141 Å². The van der Waals surface area contributed by atoms with Crippen molar-refractivity contribution in [2.45, 2.75) is 31.2 Å². The average Bonchev–Trinajstić information content (AvgIpc) is 2.47. The molecule has 7 heteroatoms. The van der Waals surface area contributed by atoms with E-state index in [9.17, 15) is 18.3 Å². The Balaban J connectivity index is 2.27. The predicted molar refractivity (Wildman–Crippen MR) is 92.6 cm³/mol. The second-order valence-electron chi connectivity index (χ2n) is 6.35. The molecule has 0 unspecified atom stereocenters. The van der Waals surface area contributed by atoms with Crippen LogP contribution >= 0.6 is 0 Å². The van der Waals surface area contributed by atoms with Crippen molar-refractivity contribution in [1.82, 2.24) is 4.72 Å². The molecule has 6 nitrogen and oxygen atoms in total. The van der Waals surface area contributed by atoms with Gasteiger partial charge in [0, 0.05) is 11.1 Å². The molecule has 0 heterocycles. The molecule has 128 valence electrons. The highest BCUT2D eigenvalue weighted by atomic mass is 32.2. The Hall–Kier alpha value is -2.38. The van der Waals surface area contributed by atoms with Crippen molar-refractivity contribution in [3.05, 3.63) is 54.1 Å². The van der Waals surface area contributed by atoms with E-state index in [1.54, 1.807) is 39.0 Å². The van der Waals surface area contributed by atoms with Crippen LogP contribution in [-0.2, 0) is 10.0 Å². The van der Waals surface area contributed by atoms with Crippen LogP contribution in [0.2, 0.25) is 0 Å². The highest BCUT2D eigenvalue weighted by Gasteiger charge is 2.22. The molecule has 0 spiro atoms. The van der Waals surface area contributed by atoms with Gasteiger partial charge in [0.25, 0.3) is 5.91 Å². The second kappa shape index (κ2) is 6.62. The van der Waals surface area contributed by atoms with Crippen molar-refractivity contribution < 1.29 is 18.3 Å². The number of sulfonamides is 1. The summed E-state index contributed by atoms with van der Waals surface area (Å²) >= 11 is 0. The summed E-state index contributed by atoms with van der Waals surface area (Å²) in [4.78, 5) is 12.3. The molecule has 0 fully saturated rings. The number of anilines is 1. The number of amides is 1. The molecule has 24 heavy (non-hydrogen) atoms. The number of carbonyl (C=O) groups excluding carboxylic acids is 1. The minimum atomic E-state index is -3.73. The number of hydrogen-bond acceptors (Lipinski definition) is 4. The Kier molecular flexibility index (Phi) is 4.96. The lowest BCUT2D eigenvalue weighted by molar-refractivity contribution is 0.102. The van der Waals surface area contributed by atoms with Crippen LogP contribution in [0, 0.1) is 0 Å². The third-order valence-electron chi connectivity index (χ3n) is 3.00. The fourth-order valence-corrected chi connectivity index (χ4v) is 3.50. The van der Waals surface area contributed by atoms with Gasteiger partial charge in [-0.1, -0.05) is 18.2 Å². The first-order valence-corrected chi connectivity index (χ1v) is 8.80. The summed E-state index contributed by atoms with van der Waals surface area (Å²) < 4.78 is 27.2. The normalized spacial score (nSPS) is 12.0. The molecule has 2 aromatic carbocycles. The lowest BCUT2D eigenvalue weighted by Crippen LogP contribution is -2.40. The van der Waals surface area contributed by atoms with Gasteiger partial charge in [-0.05, 0) is 51.1 Å². The molecule has 3 N–H and O–H groups in total. The third-order valence-corrected chi connectivity index (χ3v) is 4.75. The molecule has 0 aliphatic carbocycles. The standard InChI is InChI=1S/C17H20N2O4S/c1-17(2,3)19-24(22,23)13-8-6-7-12(11-13)16(21)18-14-9-4-5-10-15(14)20/h4-11,19-20H,1-3H3,(H,18,21).